The van der Waals surface area contributed by atoms with Gasteiger partial charge in [0, 0.05) is 5.56 Å². The van der Waals surface area contributed by atoms with Gasteiger partial charge in [-0.15, -0.1) is 0 Å². The van der Waals surface area contributed by atoms with Crippen LogP contribution in [0.4, 0.5) is 4.79 Å². The van der Waals surface area contributed by atoms with Crippen LogP contribution < -0.4 is 5.32 Å². The molecule has 1 N–H and O–H groups in total. The lowest BCUT2D eigenvalue weighted by Gasteiger charge is -2.20. The molecule has 0 spiro atoms. The first kappa shape index (κ1) is 22.6. The predicted octanol–water partition coefficient (Wildman–Crippen LogP) is 6.33. The number of hydrogen-bond donors (Lipinski definition) is 1. The van der Waals surface area contributed by atoms with Crippen molar-refractivity contribution < 1.29 is 9.53 Å². The van der Waals surface area contributed by atoms with Crippen molar-refractivity contribution in [3.8, 4) is 11.8 Å². The lowest BCUT2D eigenvalue weighted by Crippen LogP contribution is -2.24. The molecule has 0 atom stereocenters. The number of carbonyl (C=O) groups excluding carboxylic acids is 1. The van der Waals surface area contributed by atoms with E-state index in [-0.39, 0.29) is 13.2 Å². The topological polar surface area (TPSA) is 38.3 Å². The Labute approximate surface area is 175 Å². The van der Waals surface area contributed by atoms with Gasteiger partial charge in [0.05, 0.1) is 6.54 Å². The summed E-state index contributed by atoms with van der Waals surface area (Å²) in [5, 5.41) is 2.72. The van der Waals surface area contributed by atoms with Crippen molar-refractivity contribution in [3.05, 3.63) is 70.3 Å². The van der Waals surface area contributed by atoms with Gasteiger partial charge in [-0.2, -0.15) is 0 Å². The van der Waals surface area contributed by atoms with Crippen LogP contribution in [0.2, 0.25) is 0 Å². The van der Waals surface area contributed by atoms with E-state index in [1.807, 2.05) is 30.3 Å². The van der Waals surface area contributed by atoms with E-state index in [1.165, 1.54) is 16.7 Å². The Morgan fingerprint density at radius 1 is 0.931 bits per heavy atom. The van der Waals surface area contributed by atoms with Crippen LogP contribution in [-0.2, 0) is 11.3 Å². The van der Waals surface area contributed by atoms with Gasteiger partial charge in [-0.25, -0.2) is 4.79 Å². The van der Waals surface area contributed by atoms with Crippen molar-refractivity contribution in [3.63, 3.8) is 0 Å². The molecule has 0 aliphatic heterocycles. The van der Waals surface area contributed by atoms with Crippen molar-refractivity contribution in [2.75, 3.05) is 6.54 Å². The molecule has 154 valence electrons. The smallest absolute Gasteiger partial charge is 0.408 e. The molecule has 0 bridgehead atoms. The summed E-state index contributed by atoms with van der Waals surface area (Å²) in [7, 11) is 0. The fourth-order valence-electron chi connectivity index (χ4n) is 3.12. The number of carbonyl (C=O) groups is 1. The molecule has 0 saturated heterocycles. The van der Waals surface area contributed by atoms with Crippen molar-refractivity contribution in [2.24, 2.45) is 0 Å². The number of rotatable bonds is 6. The fourth-order valence-corrected chi connectivity index (χ4v) is 3.12. The van der Waals surface area contributed by atoms with Crippen LogP contribution in [0.25, 0.3) is 0 Å². The van der Waals surface area contributed by atoms with E-state index in [0.717, 1.165) is 11.1 Å². The van der Waals surface area contributed by atoms with Gasteiger partial charge in [0.2, 0.25) is 0 Å². The predicted molar refractivity (Wildman–Crippen MR) is 120 cm³/mol. The zero-order chi connectivity index (χ0) is 21.4. The summed E-state index contributed by atoms with van der Waals surface area (Å²) in [6.07, 6.45) is -0.452. The second-order valence-corrected chi connectivity index (χ2v) is 8.26. The molecule has 0 saturated carbocycles. The Morgan fingerprint density at radius 2 is 1.52 bits per heavy atom. The Hall–Kier alpha value is -2.73. The zero-order valence-electron chi connectivity index (χ0n) is 18.5. The molecule has 0 heterocycles. The number of alkyl carbamates (subject to hydrolysis) is 1. The third-order valence-corrected chi connectivity index (χ3v) is 4.88. The van der Waals surface area contributed by atoms with Gasteiger partial charge in [-0.05, 0) is 40.0 Å². The number of ether oxygens (including phenoxy) is 1. The maximum Gasteiger partial charge on any atom is 0.408 e. The highest BCUT2D eigenvalue weighted by atomic mass is 16.5. The van der Waals surface area contributed by atoms with Gasteiger partial charge in [-0.1, -0.05) is 95.8 Å². The third-order valence-electron chi connectivity index (χ3n) is 4.88. The van der Waals surface area contributed by atoms with Crippen molar-refractivity contribution in [1.82, 2.24) is 5.32 Å². The number of hydrogen-bond acceptors (Lipinski definition) is 2. The highest BCUT2D eigenvalue weighted by Gasteiger charge is 2.15. The molecule has 0 aromatic heterocycles. The van der Waals surface area contributed by atoms with Gasteiger partial charge < -0.3 is 10.1 Å². The fraction of sp³-hybridized carbons (Fsp3) is 0.423. The summed E-state index contributed by atoms with van der Waals surface area (Å²) in [5.74, 6) is 7.68. The average molecular weight is 392 g/mol. The minimum atomic E-state index is -0.452. The van der Waals surface area contributed by atoms with Gasteiger partial charge in [0.25, 0.3) is 0 Å². The molecule has 0 aliphatic rings. The SMILES string of the molecule is CC(C)c1cc(C(C)C)c(C#CCNC(=O)OCc2ccccc2)c(C(C)C)c1. The van der Waals surface area contributed by atoms with E-state index in [9.17, 15) is 4.79 Å². The van der Waals surface area contributed by atoms with E-state index in [2.05, 4.69) is 70.8 Å². The number of nitrogens with one attached hydrogen (secondary N) is 1. The van der Waals surface area contributed by atoms with E-state index >= 15 is 0 Å². The summed E-state index contributed by atoms with van der Waals surface area (Å²) in [6.45, 7) is 13.8. The Kier molecular flexibility index (Phi) is 8.34. The van der Waals surface area contributed by atoms with Gasteiger partial charge in [-0.3, -0.25) is 0 Å². The maximum atomic E-state index is 11.9. The monoisotopic (exact) mass is 391 g/mol. The van der Waals surface area contributed by atoms with E-state index < -0.39 is 6.09 Å². The van der Waals surface area contributed by atoms with Crippen LogP contribution in [0.15, 0.2) is 42.5 Å². The molecule has 1 amide bonds. The maximum absolute atomic E-state index is 11.9. The minimum Gasteiger partial charge on any atom is -0.445 e. The summed E-state index contributed by atoms with van der Waals surface area (Å²) >= 11 is 0. The average Bonchev–Trinajstić information content (AvgIpc) is 2.69. The summed E-state index contributed by atoms with van der Waals surface area (Å²) < 4.78 is 5.23. The minimum absolute atomic E-state index is 0.256. The normalized spacial score (nSPS) is 10.8. The molecule has 2 aromatic rings. The molecule has 2 rings (SSSR count). The molecule has 0 unspecified atom stereocenters. The van der Waals surface area contributed by atoms with E-state index in [4.69, 9.17) is 4.74 Å². The van der Waals surface area contributed by atoms with Crippen molar-refractivity contribution in [2.45, 2.75) is 65.9 Å². The zero-order valence-corrected chi connectivity index (χ0v) is 18.5. The van der Waals surface area contributed by atoms with Gasteiger partial charge in [0.1, 0.15) is 6.61 Å². The first-order chi connectivity index (χ1) is 13.8. The molecule has 3 nitrogen and oxygen atoms in total. The van der Waals surface area contributed by atoms with E-state index in [1.54, 1.807) is 0 Å². The Morgan fingerprint density at radius 3 is 2.03 bits per heavy atom. The number of amides is 1. The van der Waals surface area contributed by atoms with Crippen LogP contribution in [0.1, 0.15) is 87.1 Å². The Balaban J connectivity index is 2.09. The molecule has 0 radical (unpaired) electrons. The highest BCUT2D eigenvalue weighted by molar-refractivity contribution is 5.67. The molecular formula is C26H33NO2. The molecule has 2 aromatic carbocycles. The Bertz CT molecular complexity index is 842. The molecular weight excluding hydrogens is 358 g/mol. The quantitative estimate of drug-likeness (QED) is 0.584. The van der Waals surface area contributed by atoms with Crippen LogP contribution in [-0.4, -0.2) is 12.6 Å². The van der Waals surface area contributed by atoms with Gasteiger partial charge >= 0.3 is 6.09 Å². The largest absolute Gasteiger partial charge is 0.445 e. The standard InChI is InChI=1S/C26H33NO2/c1-18(2)22-15-24(19(3)4)23(25(16-22)20(5)6)13-10-14-27-26(28)29-17-21-11-8-7-9-12-21/h7-9,11-12,15-16,18-20H,14,17H2,1-6H3,(H,27,28). The molecule has 29 heavy (non-hydrogen) atoms. The lowest BCUT2D eigenvalue weighted by atomic mass is 9.84. The number of benzene rings is 2. The van der Waals surface area contributed by atoms with Crippen LogP contribution in [0.5, 0.6) is 0 Å². The van der Waals surface area contributed by atoms with Crippen LogP contribution in [0.3, 0.4) is 0 Å². The molecule has 0 fully saturated rings. The molecule has 0 aliphatic carbocycles. The second kappa shape index (κ2) is 10.7. The van der Waals surface area contributed by atoms with Crippen LogP contribution in [0, 0.1) is 11.8 Å². The van der Waals surface area contributed by atoms with E-state index in [0.29, 0.717) is 17.8 Å². The highest BCUT2D eigenvalue weighted by Crippen LogP contribution is 2.31. The van der Waals surface area contributed by atoms with Gasteiger partial charge in [0.15, 0.2) is 0 Å². The van der Waals surface area contributed by atoms with Crippen molar-refractivity contribution in [1.29, 1.82) is 0 Å². The third kappa shape index (κ3) is 6.68. The summed E-state index contributed by atoms with van der Waals surface area (Å²) in [6, 6.07) is 14.2. The second-order valence-electron chi connectivity index (χ2n) is 8.26. The summed E-state index contributed by atoms with van der Waals surface area (Å²) in [4.78, 5) is 11.9. The summed E-state index contributed by atoms with van der Waals surface area (Å²) in [5.41, 5.74) is 5.96. The van der Waals surface area contributed by atoms with Crippen LogP contribution >= 0.6 is 0 Å². The first-order valence-electron chi connectivity index (χ1n) is 10.4. The van der Waals surface area contributed by atoms with Crippen molar-refractivity contribution >= 4 is 6.09 Å². The lowest BCUT2D eigenvalue weighted by molar-refractivity contribution is 0.141. The first-order valence-corrected chi connectivity index (χ1v) is 10.4. The molecule has 3 heteroatoms.